The number of fused-ring (bicyclic) bond motifs is 1. The molecule has 2 aromatic carbocycles. The molecule has 0 spiro atoms. The van der Waals surface area contributed by atoms with Crippen molar-refractivity contribution in [3.8, 4) is 0 Å². The minimum Gasteiger partial charge on any atom is -0.464 e. The zero-order valence-corrected chi connectivity index (χ0v) is 13.1. The maximum atomic E-state index is 12.1. The fraction of sp³-hybridized carbons (Fsp3) is 0.118. The number of aryl methyl sites for hydroxylation is 1. The molecule has 1 N–H and O–H groups in total. The van der Waals surface area contributed by atoms with Gasteiger partial charge < -0.3 is 9.73 Å². The van der Waals surface area contributed by atoms with Crippen LogP contribution in [0, 0.1) is 6.92 Å². The van der Waals surface area contributed by atoms with E-state index in [0.717, 1.165) is 32.3 Å². The lowest BCUT2D eigenvalue weighted by Crippen LogP contribution is -2.14. The van der Waals surface area contributed by atoms with E-state index in [2.05, 4.69) is 21.2 Å². The van der Waals surface area contributed by atoms with Gasteiger partial charge in [0.1, 0.15) is 5.58 Å². The Bertz CT molecular complexity index is 790. The van der Waals surface area contributed by atoms with E-state index in [1.54, 1.807) is 6.26 Å². The number of rotatable bonds is 3. The third-order valence-corrected chi connectivity index (χ3v) is 3.82. The van der Waals surface area contributed by atoms with Crippen LogP contribution in [0.1, 0.15) is 11.1 Å². The molecular weight excluding hydrogens is 330 g/mol. The van der Waals surface area contributed by atoms with Gasteiger partial charge in [-0.1, -0.05) is 27.6 Å². The van der Waals surface area contributed by atoms with Gasteiger partial charge in [0.05, 0.1) is 12.7 Å². The summed E-state index contributed by atoms with van der Waals surface area (Å²) in [7, 11) is 0. The van der Waals surface area contributed by atoms with Crippen molar-refractivity contribution >= 4 is 38.5 Å². The Kier molecular flexibility index (Phi) is 3.80. The van der Waals surface area contributed by atoms with Crippen molar-refractivity contribution < 1.29 is 9.21 Å². The van der Waals surface area contributed by atoms with Gasteiger partial charge in [0.25, 0.3) is 0 Å². The summed E-state index contributed by atoms with van der Waals surface area (Å²) in [6.45, 7) is 2.03. The Morgan fingerprint density at radius 2 is 1.95 bits per heavy atom. The van der Waals surface area contributed by atoms with Crippen LogP contribution >= 0.6 is 15.9 Å². The molecule has 0 aliphatic carbocycles. The molecule has 0 saturated carbocycles. The van der Waals surface area contributed by atoms with E-state index in [1.807, 2.05) is 49.4 Å². The molecule has 0 bridgehead atoms. The number of carbonyl (C=O) groups excluding carboxylic acids is 1. The van der Waals surface area contributed by atoms with E-state index in [9.17, 15) is 4.79 Å². The third-order valence-electron chi connectivity index (χ3n) is 3.29. The van der Waals surface area contributed by atoms with Crippen LogP contribution in [-0.2, 0) is 11.2 Å². The van der Waals surface area contributed by atoms with Crippen LogP contribution in [0.15, 0.2) is 57.6 Å². The van der Waals surface area contributed by atoms with E-state index >= 15 is 0 Å². The number of halogens is 1. The molecule has 1 heterocycles. The summed E-state index contributed by atoms with van der Waals surface area (Å²) in [5.41, 5.74) is 3.65. The third kappa shape index (κ3) is 3.16. The summed E-state index contributed by atoms with van der Waals surface area (Å²) >= 11 is 3.37. The average Bonchev–Trinajstić information content (AvgIpc) is 2.84. The first kappa shape index (κ1) is 13.9. The molecule has 3 nitrogen and oxygen atoms in total. The second-order valence-corrected chi connectivity index (χ2v) is 5.91. The molecule has 0 atom stereocenters. The summed E-state index contributed by atoms with van der Waals surface area (Å²) < 4.78 is 6.47. The molecule has 0 radical (unpaired) electrons. The number of hydrogen-bond acceptors (Lipinski definition) is 2. The van der Waals surface area contributed by atoms with E-state index in [4.69, 9.17) is 4.42 Å². The minimum absolute atomic E-state index is 0.0541. The molecule has 0 aliphatic rings. The SMILES string of the molecule is Cc1ccc2occ(CC(=O)Nc3ccc(Br)cc3)c2c1. The molecule has 1 aromatic heterocycles. The second-order valence-electron chi connectivity index (χ2n) is 4.99. The van der Waals surface area contributed by atoms with Gasteiger partial charge in [-0.05, 0) is 43.3 Å². The second kappa shape index (κ2) is 5.74. The molecule has 4 heteroatoms. The van der Waals surface area contributed by atoms with E-state index in [0.29, 0.717) is 6.42 Å². The van der Waals surface area contributed by atoms with Gasteiger partial charge in [-0.25, -0.2) is 0 Å². The van der Waals surface area contributed by atoms with Crippen molar-refractivity contribution in [2.75, 3.05) is 5.32 Å². The van der Waals surface area contributed by atoms with Gasteiger partial charge in [0, 0.05) is 21.1 Å². The number of benzene rings is 2. The minimum atomic E-state index is -0.0541. The van der Waals surface area contributed by atoms with Crippen LogP contribution in [0.2, 0.25) is 0 Å². The maximum absolute atomic E-state index is 12.1. The molecule has 3 rings (SSSR count). The van der Waals surface area contributed by atoms with Crippen molar-refractivity contribution in [3.05, 3.63) is 64.3 Å². The molecule has 0 unspecified atom stereocenters. The summed E-state index contributed by atoms with van der Waals surface area (Å²) in [4.78, 5) is 12.1. The molecule has 0 fully saturated rings. The zero-order valence-electron chi connectivity index (χ0n) is 11.5. The van der Waals surface area contributed by atoms with Gasteiger partial charge in [-0.2, -0.15) is 0 Å². The van der Waals surface area contributed by atoms with Crippen molar-refractivity contribution in [1.29, 1.82) is 0 Å². The lowest BCUT2D eigenvalue weighted by molar-refractivity contribution is -0.115. The normalized spacial score (nSPS) is 10.8. The summed E-state index contributed by atoms with van der Waals surface area (Å²) in [5.74, 6) is -0.0541. The number of furan rings is 1. The van der Waals surface area contributed by atoms with Crippen LogP contribution in [0.4, 0.5) is 5.69 Å². The Morgan fingerprint density at radius 3 is 2.71 bits per heavy atom. The molecule has 106 valence electrons. The van der Waals surface area contributed by atoms with Crippen molar-refractivity contribution in [2.24, 2.45) is 0 Å². The van der Waals surface area contributed by atoms with Gasteiger partial charge in [0.2, 0.25) is 5.91 Å². The van der Waals surface area contributed by atoms with E-state index in [1.165, 1.54) is 0 Å². The first-order chi connectivity index (χ1) is 10.1. The molecule has 0 saturated heterocycles. The zero-order chi connectivity index (χ0) is 14.8. The van der Waals surface area contributed by atoms with Crippen molar-refractivity contribution in [3.63, 3.8) is 0 Å². The Hall–Kier alpha value is -2.07. The number of hydrogen-bond donors (Lipinski definition) is 1. The average molecular weight is 344 g/mol. The Balaban J connectivity index is 1.77. The van der Waals surface area contributed by atoms with Crippen LogP contribution in [-0.4, -0.2) is 5.91 Å². The maximum Gasteiger partial charge on any atom is 0.228 e. The molecular formula is C17H14BrNO2. The van der Waals surface area contributed by atoms with Crippen LogP contribution in [0.3, 0.4) is 0 Å². The monoisotopic (exact) mass is 343 g/mol. The first-order valence-electron chi connectivity index (χ1n) is 6.64. The van der Waals surface area contributed by atoms with Gasteiger partial charge in [-0.3, -0.25) is 4.79 Å². The smallest absolute Gasteiger partial charge is 0.228 e. The van der Waals surface area contributed by atoms with E-state index in [-0.39, 0.29) is 5.91 Å². The lowest BCUT2D eigenvalue weighted by atomic mass is 10.1. The molecule has 3 aromatic rings. The number of carbonyl (C=O) groups is 1. The molecule has 0 aliphatic heterocycles. The summed E-state index contributed by atoms with van der Waals surface area (Å²) in [6.07, 6.45) is 1.96. The van der Waals surface area contributed by atoms with Crippen LogP contribution in [0.25, 0.3) is 11.0 Å². The highest BCUT2D eigenvalue weighted by atomic mass is 79.9. The predicted octanol–water partition coefficient (Wildman–Crippen LogP) is 4.68. The first-order valence-corrected chi connectivity index (χ1v) is 7.43. The van der Waals surface area contributed by atoms with E-state index < -0.39 is 0 Å². The fourth-order valence-corrected chi connectivity index (χ4v) is 2.51. The van der Waals surface area contributed by atoms with Gasteiger partial charge in [0.15, 0.2) is 0 Å². The van der Waals surface area contributed by atoms with Gasteiger partial charge >= 0.3 is 0 Å². The predicted molar refractivity (Wildman–Crippen MR) is 87.4 cm³/mol. The van der Waals surface area contributed by atoms with Crippen molar-refractivity contribution in [2.45, 2.75) is 13.3 Å². The highest BCUT2D eigenvalue weighted by Gasteiger charge is 2.10. The van der Waals surface area contributed by atoms with Gasteiger partial charge in [-0.15, -0.1) is 0 Å². The summed E-state index contributed by atoms with van der Waals surface area (Å²) in [6, 6.07) is 13.5. The standard InChI is InChI=1S/C17H14BrNO2/c1-11-2-7-16-15(8-11)12(10-21-16)9-17(20)19-14-5-3-13(18)4-6-14/h2-8,10H,9H2,1H3,(H,19,20). The molecule has 21 heavy (non-hydrogen) atoms. The number of nitrogens with one attached hydrogen (secondary N) is 1. The van der Waals surface area contributed by atoms with Crippen LogP contribution < -0.4 is 5.32 Å². The van der Waals surface area contributed by atoms with Crippen LogP contribution in [0.5, 0.6) is 0 Å². The highest BCUT2D eigenvalue weighted by Crippen LogP contribution is 2.23. The highest BCUT2D eigenvalue weighted by molar-refractivity contribution is 9.10. The Labute approximate surface area is 131 Å². The lowest BCUT2D eigenvalue weighted by Gasteiger charge is -2.04. The topological polar surface area (TPSA) is 42.2 Å². The number of amides is 1. The van der Waals surface area contributed by atoms with Crippen molar-refractivity contribution in [1.82, 2.24) is 0 Å². The number of anilines is 1. The molecule has 1 amide bonds. The fourth-order valence-electron chi connectivity index (χ4n) is 2.24. The Morgan fingerprint density at radius 1 is 1.19 bits per heavy atom. The largest absolute Gasteiger partial charge is 0.464 e. The summed E-state index contributed by atoms with van der Waals surface area (Å²) in [5, 5.41) is 3.89. The quantitative estimate of drug-likeness (QED) is 0.749.